The lowest BCUT2D eigenvalue weighted by Crippen LogP contribution is -2.35. The van der Waals surface area contributed by atoms with Gasteiger partial charge in [0.2, 0.25) is 0 Å². The predicted molar refractivity (Wildman–Crippen MR) is 97.3 cm³/mol. The molecular formula is C18H25N3O5. The second kappa shape index (κ2) is 9.17. The third kappa shape index (κ3) is 5.18. The molecule has 1 aliphatic heterocycles. The lowest BCUT2D eigenvalue weighted by molar-refractivity contribution is -0.384. The fourth-order valence-electron chi connectivity index (χ4n) is 2.83. The van der Waals surface area contributed by atoms with Crippen LogP contribution in [0.25, 0.3) is 0 Å². The molecular weight excluding hydrogens is 338 g/mol. The standard InChI is InChI=1S/C18H25N3O5/c1-3-13(2)19-17(22)12-26-18(23)14-7-8-15(16(11-14)21(24)25)20-9-5-4-6-10-20/h7-8,11,13H,3-6,9-10,12H2,1-2H3,(H,19,22)/t13-/m0/s1. The number of carbonyl (C=O) groups is 2. The van der Waals surface area contributed by atoms with Crippen molar-refractivity contribution >= 4 is 23.3 Å². The van der Waals surface area contributed by atoms with Gasteiger partial charge < -0.3 is 15.0 Å². The molecule has 1 aromatic rings. The summed E-state index contributed by atoms with van der Waals surface area (Å²) in [7, 11) is 0. The van der Waals surface area contributed by atoms with Crippen molar-refractivity contribution in [3.05, 3.63) is 33.9 Å². The SMILES string of the molecule is CC[C@H](C)NC(=O)COC(=O)c1ccc(N2CCCCC2)c([N+](=O)[O-])c1. The molecule has 1 aromatic carbocycles. The summed E-state index contributed by atoms with van der Waals surface area (Å²) in [6.07, 6.45) is 3.87. The minimum atomic E-state index is -0.752. The van der Waals surface area contributed by atoms with Gasteiger partial charge in [0.05, 0.1) is 10.5 Å². The van der Waals surface area contributed by atoms with Gasteiger partial charge in [0.15, 0.2) is 6.61 Å². The van der Waals surface area contributed by atoms with Crippen molar-refractivity contribution in [1.29, 1.82) is 0 Å². The van der Waals surface area contributed by atoms with Crippen LogP contribution >= 0.6 is 0 Å². The molecule has 8 nitrogen and oxygen atoms in total. The Hall–Kier alpha value is -2.64. The number of piperidine rings is 1. The maximum Gasteiger partial charge on any atom is 0.338 e. The predicted octanol–water partition coefficient (Wildman–Crippen LogP) is 2.66. The molecule has 1 amide bonds. The quantitative estimate of drug-likeness (QED) is 0.454. The van der Waals surface area contributed by atoms with Crippen LogP contribution in [0.2, 0.25) is 0 Å². The lowest BCUT2D eigenvalue weighted by Gasteiger charge is -2.28. The molecule has 1 N–H and O–H groups in total. The fraction of sp³-hybridized carbons (Fsp3) is 0.556. The number of carbonyl (C=O) groups excluding carboxylic acids is 2. The molecule has 0 bridgehead atoms. The summed E-state index contributed by atoms with van der Waals surface area (Å²) in [5.41, 5.74) is 0.458. The van der Waals surface area contributed by atoms with Crippen molar-refractivity contribution in [2.24, 2.45) is 0 Å². The van der Waals surface area contributed by atoms with Crippen LogP contribution in [-0.2, 0) is 9.53 Å². The first kappa shape index (κ1) is 19.7. The number of anilines is 1. The van der Waals surface area contributed by atoms with Gasteiger partial charge in [-0.25, -0.2) is 4.79 Å². The Bertz CT molecular complexity index is 671. The Labute approximate surface area is 152 Å². The van der Waals surface area contributed by atoms with Gasteiger partial charge in [-0.3, -0.25) is 14.9 Å². The Balaban J connectivity index is 2.07. The first-order valence-corrected chi connectivity index (χ1v) is 8.92. The molecule has 0 saturated carbocycles. The second-order valence-corrected chi connectivity index (χ2v) is 6.46. The minimum Gasteiger partial charge on any atom is -0.452 e. The molecule has 142 valence electrons. The third-order valence-corrected chi connectivity index (χ3v) is 4.46. The first-order valence-electron chi connectivity index (χ1n) is 8.92. The average Bonchev–Trinajstić information content (AvgIpc) is 2.66. The molecule has 8 heteroatoms. The molecule has 0 aliphatic carbocycles. The number of amides is 1. The summed E-state index contributed by atoms with van der Waals surface area (Å²) in [4.78, 5) is 36.7. The molecule has 26 heavy (non-hydrogen) atoms. The molecule has 1 saturated heterocycles. The van der Waals surface area contributed by atoms with E-state index in [9.17, 15) is 19.7 Å². The highest BCUT2D eigenvalue weighted by Gasteiger charge is 2.23. The smallest absolute Gasteiger partial charge is 0.338 e. The third-order valence-electron chi connectivity index (χ3n) is 4.46. The van der Waals surface area contributed by atoms with E-state index in [1.807, 2.05) is 18.7 Å². The van der Waals surface area contributed by atoms with E-state index in [1.165, 1.54) is 12.1 Å². The first-order chi connectivity index (χ1) is 12.4. The van der Waals surface area contributed by atoms with Crippen molar-refractivity contribution in [1.82, 2.24) is 5.32 Å². The number of rotatable bonds is 7. The van der Waals surface area contributed by atoms with E-state index in [0.29, 0.717) is 5.69 Å². The van der Waals surface area contributed by atoms with E-state index >= 15 is 0 Å². The summed E-state index contributed by atoms with van der Waals surface area (Å²) in [6.45, 7) is 4.90. The number of nitrogens with zero attached hydrogens (tertiary/aromatic N) is 2. The topological polar surface area (TPSA) is 102 Å². The van der Waals surface area contributed by atoms with Crippen LogP contribution in [0.3, 0.4) is 0 Å². The summed E-state index contributed by atoms with van der Waals surface area (Å²) in [5.74, 6) is -1.15. The van der Waals surface area contributed by atoms with Crippen molar-refractivity contribution in [3.63, 3.8) is 0 Å². The van der Waals surface area contributed by atoms with Crippen molar-refractivity contribution in [2.75, 3.05) is 24.6 Å². The minimum absolute atomic E-state index is 0.00823. The van der Waals surface area contributed by atoms with Crippen LogP contribution in [0, 0.1) is 10.1 Å². The molecule has 1 aliphatic rings. The Morgan fingerprint density at radius 2 is 2.00 bits per heavy atom. The number of hydrogen-bond acceptors (Lipinski definition) is 6. The van der Waals surface area contributed by atoms with E-state index in [2.05, 4.69) is 5.32 Å². The van der Waals surface area contributed by atoms with Crippen molar-refractivity contribution < 1.29 is 19.2 Å². The summed E-state index contributed by atoms with van der Waals surface area (Å²) < 4.78 is 4.97. The number of nitro groups is 1. The van der Waals surface area contributed by atoms with Crippen LogP contribution in [-0.4, -0.2) is 42.5 Å². The molecule has 1 atom stereocenters. The number of nitrogens with one attached hydrogen (secondary N) is 1. The van der Waals surface area contributed by atoms with Gasteiger partial charge in [-0.2, -0.15) is 0 Å². The van der Waals surface area contributed by atoms with E-state index in [4.69, 9.17) is 4.74 Å². The van der Waals surface area contributed by atoms with E-state index in [0.717, 1.165) is 38.8 Å². The molecule has 0 spiro atoms. The zero-order chi connectivity index (χ0) is 19.1. The highest BCUT2D eigenvalue weighted by atomic mass is 16.6. The van der Waals surface area contributed by atoms with E-state index in [1.54, 1.807) is 6.07 Å². The maximum atomic E-state index is 12.1. The van der Waals surface area contributed by atoms with Gasteiger partial charge in [0.25, 0.3) is 11.6 Å². The number of nitro benzene ring substituents is 1. The molecule has 1 heterocycles. The highest BCUT2D eigenvalue weighted by molar-refractivity contribution is 5.93. The fourth-order valence-corrected chi connectivity index (χ4v) is 2.83. The van der Waals surface area contributed by atoms with Crippen LogP contribution in [0.4, 0.5) is 11.4 Å². The van der Waals surface area contributed by atoms with Gasteiger partial charge in [0.1, 0.15) is 5.69 Å². The van der Waals surface area contributed by atoms with Crippen LogP contribution < -0.4 is 10.2 Å². The summed E-state index contributed by atoms with van der Waals surface area (Å²) in [6, 6.07) is 4.30. The monoisotopic (exact) mass is 363 g/mol. The Morgan fingerprint density at radius 1 is 1.31 bits per heavy atom. The number of hydrogen-bond donors (Lipinski definition) is 1. The maximum absolute atomic E-state index is 12.1. The number of esters is 1. The van der Waals surface area contributed by atoms with Gasteiger partial charge >= 0.3 is 5.97 Å². The Morgan fingerprint density at radius 3 is 2.62 bits per heavy atom. The second-order valence-electron chi connectivity index (χ2n) is 6.46. The van der Waals surface area contributed by atoms with Crippen LogP contribution in [0.1, 0.15) is 49.9 Å². The van der Waals surface area contributed by atoms with Crippen LogP contribution in [0.5, 0.6) is 0 Å². The normalized spacial score (nSPS) is 15.2. The number of ether oxygens (including phenoxy) is 1. The zero-order valence-electron chi connectivity index (χ0n) is 15.2. The summed E-state index contributed by atoms with van der Waals surface area (Å²) in [5, 5.41) is 14.1. The zero-order valence-corrected chi connectivity index (χ0v) is 15.2. The molecule has 0 radical (unpaired) electrons. The van der Waals surface area contributed by atoms with Crippen LogP contribution in [0.15, 0.2) is 18.2 Å². The summed E-state index contributed by atoms with van der Waals surface area (Å²) >= 11 is 0. The van der Waals surface area contributed by atoms with Gasteiger partial charge in [0, 0.05) is 25.2 Å². The number of benzene rings is 1. The largest absolute Gasteiger partial charge is 0.452 e. The van der Waals surface area contributed by atoms with Crippen molar-refractivity contribution in [2.45, 2.75) is 45.6 Å². The molecule has 2 rings (SSSR count). The van der Waals surface area contributed by atoms with Gasteiger partial charge in [-0.05, 0) is 44.7 Å². The molecule has 1 fully saturated rings. The van der Waals surface area contributed by atoms with E-state index < -0.39 is 23.4 Å². The Kier molecular flexibility index (Phi) is 6.94. The molecule has 0 unspecified atom stereocenters. The van der Waals surface area contributed by atoms with Crippen molar-refractivity contribution in [3.8, 4) is 0 Å². The lowest BCUT2D eigenvalue weighted by atomic mass is 10.1. The van der Waals surface area contributed by atoms with Gasteiger partial charge in [-0.1, -0.05) is 6.92 Å². The highest BCUT2D eigenvalue weighted by Crippen LogP contribution is 2.31. The van der Waals surface area contributed by atoms with Gasteiger partial charge in [-0.15, -0.1) is 0 Å². The van der Waals surface area contributed by atoms with E-state index in [-0.39, 0.29) is 17.3 Å². The molecule has 0 aromatic heterocycles. The average molecular weight is 363 g/mol.